The van der Waals surface area contributed by atoms with Gasteiger partial charge in [-0.05, 0) is 30.7 Å². The molecule has 3 aromatic rings. The highest BCUT2D eigenvalue weighted by atomic mass is 16.5. The summed E-state index contributed by atoms with van der Waals surface area (Å²) in [4.78, 5) is 31.2. The minimum atomic E-state index is -0.797. The lowest BCUT2D eigenvalue weighted by atomic mass is 9.99. The minimum absolute atomic E-state index is 0.00540. The number of furan rings is 1. The number of hydrogen-bond acceptors (Lipinski definition) is 6. The van der Waals surface area contributed by atoms with Crippen LogP contribution in [-0.2, 0) is 16.1 Å². The summed E-state index contributed by atoms with van der Waals surface area (Å²) in [5.41, 5.74) is 0.396. The molecule has 8 heteroatoms. The van der Waals surface area contributed by atoms with Crippen LogP contribution in [0.15, 0.2) is 71.4 Å². The lowest BCUT2D eigenvalue weighted by molar-refractivity contribution is -0.140. The van der Waals surface area contributed by atoms with E-state index in [9.17, 15) is 14.7 Å². The second-order valence-electron chi connectivity index (χ2n) is 6.89. The number of ketones is 1. The number of aromatic nitrogens is 2. The molecular weight excluding hydrogens is 386 g/mol. The molecule has 8 nitrogen and oxygen atoms in total. The molecule has 0 bridgehead atoms. The topological polar surface area (TPSA) is 97.8 Å². The van der Waals surface area contributed by atoms with Crippen LogP contribution >= 0.6 is 0 Å². The molecule has 0 aliphatic carbocycles. The SMILES string of the molecule is COc1cccc(/C(O)=C2/C(=O)C(=O)N(CCCn3ccnc3)C2c2ccco2)c1. The number of methoxy groups -OCH3 is 1. The summed E-state index contributed by atoms with van der Waals surface area (Å²) in [7, 11) is 1.52. The van der Waals surface area contributed by atoms with E-state index in [1.807, 2.05) is 10.8 Å². The molecule has 1 saturated heterocycles. The highest BCUT2D eigenvalue weighted by molar-refractivity contribution is 6.46. The molecule has 1 aromatic carbocycles. The second-order valence-corrected chi connectivity index (χ2v) is 6.89. The van der Waals surface area contributed by atoms with Crippen LogP contribution in [-0.4, -0.2) is 44.9 Å². The molecule has 4 rings (SSSR count). The summed E-state index contributed by atoms with van der Waals surface area (Å²) in [6.45, 7) is 0.965. The number of rotatable bonds is 7. The number of imidazole rings is 1. The molecule has 1 fully saturated rings. The third-order valence-electron chi connectivity index (χ3n) is 5.07. The van der Waals surface area contributed by atoms with Gasteiger partial charge in [0.25, 0.3) is 11.7 Å². The first kappa shape index (κ1) is 19.5. The molecule has 1 aliphatic rings. The largest absolute Gasteiger partial charge is 0.507 e. The number of aryl methyl sites for hydroxylation is 1. The maximum atomic E-state index is 12.9. The Balaban J connectivity index is 1.69. The summed E-state index contributed by atoms with van der Waals surface area (Å²) in [5, 5.41) is 11.0. The zero-order chi connectivity index (χ0) is 21.1. The number of aliphatic hydroxyl groups is 1. The lowest BCUT2D eigenvalue weighted by Crippen LogP contribution is -2.31. The number of ether oxygens (including phenoxy) is 1. The van der Waals surface area contributed by atoms with E-state index in [-0.39, 0.29) is 11.3 Å². The summed E-state index contributed by atoms with van der Waals surface area (Å²) >= 11 is 0. The average Bonchev–Trinajstić information content (AvgIpc) is 3.52. The van der Waals surface area contributed by atoms with E-state index in [2.05, 4.69) is 4.98 Å². The molecule has 1 aliphatic heterocycles. The molecule has 1 unspecified atom stereocenters. The van der Waals surface area contributed by atoms with Crippen molar-refractivity contribution in [1.29, 1.82) is 0 Å². The fourth-order valence-electron chi connectivity index (χ4n) is 3.62. The zero-order valence-electron chi connectivity index (χ0n) is 16.4. The maximum absolute atomic E-state index is 12.9. The van der Waals surface area contributed by atoms with Crippen molar-refractivity contribution < 1.29 is 23.8 Å². The monoisotopic (exact) mass is 407 g/mol. The number of hydrogen-bond donors (Lipinski definition) is 1. The van der Waals surface area contributed by atoms with E-state index in [0.717, 1.165) is 0 Å². The third-order valence-corrected chi connectivity index (χ3v) is 5.07. The van der Waals surface area contributed by atoms with Gasteiger partial charge in [-0.25, -0.2) is 4.98 Å². The maximum Gasteiger partial charge on any atom is 0.295 e. The van der Waals surface area contributed by atoms with Gasteiger partial charge in [-0.1, -0.05) is 12.1 Å². The van der Waals surface area contributed by atoms with E-state index in [1.165, 1.54) is 18.3 Å². The van der Waals surface area contributed by atoms with Crippen molar-refractivity contribution in [3.8, 4) is 5.75 Å². The smallest absolute Gasteiger partial charge is 0.295 e. The van der Waals surface area contributed by atoms with Gasteiger partial charge in [-0.2, -0.15) is 0 Å². The van der Waals surface area contributed by atoms with Gasteiger partial charge in [0.1, 0.15) is 23.3 Å². The molecular formula is C22H21N3O5. The first-order chi connectivity index (χ1) is 14.6. The molecule has 0 saturated carbocycles. The number of benzene rings is 1. The first-order valence-corrected chi connectivity index (χ1v) is 9.52. The molecule has 3 heterocycles. The Bertz CT molecular complexity index is 1070. The molecule has 154 valence electrons. The third kappa shape index (κ3) is 3.59. The van der Waals surface area contributed by atoms with Crippen LogP contribution in [0.3, 0.4) is 0 Å². The van der Waals surface area contributed by atoms with E-state index >= 15 is 0 Å². The van der Waals surface area contributed by atoms with Crippen molar-refractivity contribution in [3.63, 3.8) is 0 Å². The van der Waals surface area contributed by atoms with Gasteiger partial charge in [0.05, 0.1) is 25.3 Å². The van der Waals surface area contributed by atoms with Crippen molar-refractivity contribution in [2.45, 2.75) is 19.0 Å². The van der Waals surface area contributed by atoms with Gasteiger partial charge in [0, 0.05) is 31.0 Å². The number of aliphatic hydroxyl groups excluding tert-OH is 1. The van der Waals surface area contributed by atoms with E-state index < -0.39 is 17.7 Å². The van der Waals surface area contributed by atoms with Crippen LogP contribution < -0.4 is 4.74 Å². The van der Waals surface area contributed by atoms with E-state index in [1.54, 1.807) is 48.9 Å². The van der Waals surface area contributed by atoms with Crippen molar-refractivity contribution >= 4 is 17.4 Å². The summed E-state index contributed by atoms with van der Waals surface area (Å²) in [6, 6.07) is 9.29. The van der Waals surface area contributed by atoms with Gasteiger partial charge in [-0.3, -0.25) is 9.59 Å². The average molecular weight is 407 g/mol. The number of amides is 1. The predicted octanol–water partition coefficient (Wildman–Crippen LogP) is 3.00. The molecule has 0 spiro atoms. The molecule has 1 atom stereocenters. The first-order valence-electron chi connectivity index (χ1n) is 9.52. The molecule has 30 heavy (non-hydrogen) atoms. The van der Waals surface area contributed by atoms with Crippen molar-refractivity contribution in [3.05, 3.63) is 78.3 Å². The second kappa shape index (κ2) is 8.28. The molecule has 1 N–H and O–H groups in total. The summed E-state index contributed by atoms with van der Waals surface area (Å²) in [5.74, 6) is -0.707. The Morgan fingerprint density at radius 1 is 1.23 bits per heavy atom. The van der Waals surface area contributed by atoms with Gasteiger partial charge in [0.2, 0.25) is 0 Å². The highest BCUT2D eigenvalue weighted by Crippen LogP contribution is 2.39. The number of Topliss-reactive ketones (excluding diaryl/α,β-unsaturated/α-hetero) is 1. The van der Waals surface area contributed by atoms with Crippen LogP contribution in [0.2, 0.25) is 0 Å². The van der Waals surface area contributed by atoms with Gasteiger partial charge < -0.3 is 23.7 Å². The van der Waals surface area contributed by atoms with Crippen LogP contribution in [0.4, 0.5) is 0 Å². The fourth-order valence-corrected chi connectivity index (χ4v) is 3.62. The Labute approximate surface area is 173 Å². The minimum Gasteiger partial charge on any atom is -0.507 e. The highest BCUT2D eigenvalue weighted by Gasteiger charge is 2.47. The predicted molar refractivity (Wildman–Crippen MR) is 108 cm³/mol. The molecule has 2 aromatic heterocycles. The summed E-state index contributed by atoms with van der Waals surface area (Å²) in [6.07, 6.45) is 7.30. The normalized spacial score (nSPS) is 18.2. The van der Waals surface area contributed by atoms with Crippen LogP contribution in [0, 0.1) is 0 Å². The number of carbonyl (C=O) groups excluding carboxylic acids is 2. The van der Waals surface area contributed by atoms with Crippen LogP contribution in [0.1, 0.15) is 23.8 Å². The van der Waals surface area contributed by atoms with Gasteiger partial charge in [-0.15, -0.1) is 0 Å². The van der Waals surface area contributed by atoms with Gasteiger partial charge >= 0.3 is 0 Å². The Morgan fingerprint density at radius 3 is 2.80 bits per heavy atom. The van der Waals surface area contributed by atoms with Crippen LogP contribution in [0.5, 0.6) is 5.75 Å². The van der Waals surface area contributed by atoms with Gasteiger partial charge in [0.15, 0.2) is 0 Å². The Kier molecular flexibility index (Phi) is 5.38. The Hall–Kier alpha value is -3.81. The molecule has 1 amide bonds. The van der Waals surface area contributed by atoms with Crippen molar-refractivity contribution in [2.24, 2.45) is 0 Å². The standard InChI is InChI=1S/C22H21N3O5/c1-29-16-6-2-5-15(13-16)20(26)18-19(17-7-3-12-30-17)25(22(28)21(18)27)10-4-9-24-11-8-23-14-24/h2-3,5-8,11-14,19,26H,4,9-10H2,1H3/b20-18-. The zero-order valence-corrected chi connectivity index (χ0v) is 16.4. The number of carbonyl (C=O) groups is 2. The van der Waals surface area contributed by atoms with E-state index in [4.69, 9.17) is 9.15 Å². The summed E-state index contributed by atoms with van der Waals surface area (Å²) < 4.78 is 12.6. The number of likely N-dealkylation sites (tertiary alicyclic amines) is 1. The quantitative estimate of drug-likeness (QED) is 0.367. The molecule has 0 radical (unpaired) electrons. The van der Waals surface area contributed by atoms with Crippen molar-refractivity contribution in [2.75, 3.05) is 13.7 Å². The fraction of sp³-hybridized carbons (Fsp3) is 0.227. The van der Waals surface area contributed by atoms with Crippen molar-refractivity contribution in [1.82, 2.24) is 14.5 Å². The number of nitrogens with zero attached hydrogens (tertiary/aromatic N) is 3. The Morgan fingerprint density at radius 2 is 2.10 bits per heavy atom. The lowest BCUT2D eigenvalue weighted by Gasteiger charge is -2.23. The van der Waals surface area contributed by atoms with Crippen LogP contribution in [0.25, 0.3) is 5.76 Å². The van der Waals surface area contributed by atoms with E-state index in [0.29, 0.717) is 36.6 Å².